The molecule has 2 heteroatoms. The number of halogens is 1. The van der Waals surface area contributed by atoms with Gasteiger partial charge in [-0.15, -0.1) is 0 Å². The summed E-state index contributed by atoms with van der Waals surface area (Å²) in [6, 6.07) is 19.8. The molecule has 0 amide bonds. The number of hydrogen-bond donors (Lipinski definition) is 1. The van der Waals surface area contributed by atoms with Gasteiger partial charge in [-0.25, -0.2) is 4.39 Å². The lowest BCUT2D eigenvalue weighted by molar-refractivity contribution is 0.601. The van der Waals surface area contributed by atoms with Crippen LogP contribution in [0.4, 0.5) is 4.39 Å². The first-order valence-corrected chi connectivity index (χ1v) is 6.71. The summed E-state index contributed by atoms with van der Waals surface area (Å²) < 4.78 is 14.1. The molecule has 0 aliphatic rings. The molecule has 0 unspecified atom stereocenters. The Morgan fingerprint density at radius 2 is 1.75 bits per heavy atom. The van der Waals surface area contributed by atoms with Gasteiger partial charge in [0.05, 0.1) is 0 Å². The lowest BCUT2D eigenvalue weighted by atomic mass is 9.97. The molecule has 0 heterocycles. The summed E-state index contributed by atoms with van der Waals surface area (Å²) in [6.45, 7) is 0.543. The first-order chi connectivity index (χ1) is 9.79. The van der Waals surface area contributed by atoms with Crippen molar-refractivity contribution in [3.63, 3.8) is 0 Å². The molecule has 0 aliphatic carbocycles. The third kappa shape index (κ3) is 2.30. The number of nitrogens with one attached hydrogen (secondary N) is 1. The predicted octanol–water partition coefficient (Wildman–Crippen LogP) is 4.37. The second kappa shape index (κ2) is 5.43. The van der Waals surface area contributed by atoms with Gasteiger partial charge in [-0.3, -0.25) is 0 Å². The third-order valence-corrected chi connectivity index (χ3v) is 3.52. The Labute approximate surface area is 118 Å². The van der Waals surface area contributed by atoms with Crippen LogP contribution in [0.15, 0.2) is 60.7 Å². The molecule has 0 bridgehead atoms. The molecule has 0 aromatic heterocycles. The summed E-state index contributed by atoms with van der Waals surface area (Å²) in [5, 5.41) is 5.29. The van der Waals surface area contributed by atoms with E-state index >= 15 is 0 Å². The zero-order valence-electron chi connectivity index (χ0n) is 11.4. The molecule has 0 spiro atoms. The van der Waals surface area contributed by atoms with Crippen LogP contribution in [0.3, 0.4) is 0 Å². The van der Waals surface area contributed by atoms with Gasteiger partial charge in [0.25, 0.3) is 0 Å². The Kier molecular flexibility index (Phi) is 3.48. The minimum absolute atomic E-state index is 0.162. The van der Waals surface area contributed by atoms with Crippen molar-refractivity contribution >= 4 is 10.8 Å². The maximum Gasteiger partial charge on any atom is 0.128 e. The molecule has 1 nitrogen and oxygen atoms in total. The Bertz CT molecular complexity index is 744. The highest BCUT2D eigenvalue weighted by Crippen LogP contribution is 2.29. The fourth-order valence-electron chi connectivity index (χ4n) is 2.53. The molecule has 100 valence electrons. The van der Waals surface area contributed by atoms with E-state index in [1.165, 1.54) is 5.39 Å². The van der Waals surface area contributed by atoms with Crippen LogP contribution in [0.1, 0.15) is 5.56 Å². The molecule has 0 atom stereocenters. The molecule has 0 fully saturated rings. The molecule has 0 saturated carbocycles. The van der Waals surface area contributed by atoms with E-state index in [9.17, 15) is 4.39 Å². The number of hydrogen-bond acceptors (Lipinski definition) is 1. The third-order valence-electron chi connectivity index (χ3n) is 3.52. The van der Waals surface area contributed by atoms with Crippen LogP contribution in [-0.2, 0) is 6.54 Å². The second-order valence-electron chi connectivity index (χ2n) is 4.86. The zero-order valence-corrected chi connectivity index (χ0v) is 11.4. The summed E-state index contributed by atoms with van der Waals surface area (Å²) in [5.74, 6) is -0.162. The summed E-state index contributed by atoms with van der Waals surface area (Å²) in [7, 11) is 1.82. The maximum atomic E-state index is 14.1. The number of benzene rings is 3. The van der Waals surface area contributed by atoms with Crippen molar-refractivity contribution in [2.45, 2.75) is 6.54 Å². The normalized spacial score (nSPS) is 10.9. The van der Waals surface area contributed by atoms with Crippen LogP contribution < -0.4 is 5.32 Å². The van der Waals surface area contributed by atoms with Crippen LogP contribution in [0.25, 0.3) is 21.9 Å². The van der Waals surface area contributed by atoms with E-state index in [1.807, 2.05) is 43.4 Å². The van der Waals surface area contributed by atoms with Crippen molar-refractivity contribution in [1.82, 2.24) is 5.32 Å². The van der Waals surface area contributed by atoms with E-state index in [2.05, 4.69) is 23.5 Å². The summed E-state index contributed by atoms with van der Waals surface area (Å²) in [5.41, 5.74) is 2.67. The lowest BCUT2D eigenvalue weighted by Gasteiger charge is -2.09. The molecule has 3 aromatic rings. The standard InChI is InChI=1S/C18H16FN/c1-20-12-15-10-9-14(11-18(15)19)17-8-4-6-13-5-2-3-7-16(13)17/h2-11,20H,12H2,1H3. The highest BCUT2D eigenvalue weighted by molar-refractivity contribution is 5.96. The molecule has 0 radical (unpaired) electrons. The van der Waals surface area contributed by atoms with Crippen molar-refractivity contribution in [1.29, 1.82) is 0 Å². The molecular formula is C18H16FN. The Hall–Kier alpha value is -2.19. The monoisotopic (exact) mass is 265 g/mol. The van der Waals surface area contributed by atoms with Gasteiger partial charge in [-0.2, -0.15) is 0 Å². The van der Waals surface area contributed by atoms with E-state index in [-0.39, 0.29) is 5.82 Å². The van der Waals surface area contributed by atoms with Crippen molar-refractivity contribution in [2.75, 3.05) is 7.05 Å². The van der Waals surface area contributed by atoms with Crippen molar-refractivity contribution in [3.05, 3.63) is 72.0 Å². The highest BCUT2D eigenvalue weighted by atomic mass is 19.1. The van der Waals surface area contributed by atoms with Gasteiger partial charge in [0.15, 0.2) is 0 Å². The molecule has 3 aromatic carbocycles. The van der Waals surface area contributed by atoms with E-state index in [0.29, 0.717) is 12.1 Å². The molecule has 1 N–H and O–H groups in total. The van der Waals surface area contributed by atoms with Crippen LogP contribution in [0, 0.1) is 5.82 Å². The van der Waals surface area contributed by atoms with Crippen molar-refractivity contribution in [3.8, 4) is 11.1 Å². The maximum absolute atomic E-state index is 14.1. The van der Waals surface area contributed by atoms with E-state index in [1.54, 1.807) is 6.07 Å². The van der Waals surface area contributed by atoms with Crippen molar-refractivity contribution < 1.29 is 4.39 Å². The van der Waals surface area contributed by atoms with E-state index in [0.717, 1.165) is 16.5 Å². The van der Waals surface area contributed by atoms with Gasteiger partial charge >= 0.3 is 0 Å². The van der Waals surface area contributed by atoms with Gasteiger partial charge in [0, 0.05) is 12.1 Å². The summed E-state index contributed by atoms with van der Waals surface area (Å²) in [6.07, 6.45) is 0. The van der Waals surface area contributed by atoms with Gasteiger partial charge in [-0.05, 0) is 35.0 Å². The van der Waals surface area contributed by atoms with Gasteiger partial charge in [0.1, 0.15) is 5.82 Å². The van der Waals surface area contributed by atoms with Crippen LogP contribution in [-0.4, -0.2) is 7.05 Å². The minimum Gasteiger partial charge on any atom is -0.316 e. The van der Waals surface area contributed by atoms with Gasteiger partial charge < -0.3 is 5.32 Å². The van der Waals surface area contributed by atoms with E-state index < -0.39 is 0 Å². The Morgan fingerprint density at radius 1 is 0.950 bits per heavy atom. The number of rotatable bonds is 3. The van der Waals surface area contributed by atoms with Gasteiger partial charge in [-0.1, -0.05) is 54.6 Å². The number of fused-ring (bicyclic) bond motifs is 1. The summed E-state index contributed by atoms with van der Waals surface area (Å²) >= 11 is 0. The largest absolute Gasteiger partial charge is 0.316 e. The van der Waals surface area contributed by atoms with Crippen LogP contribution in [0.5, 0.6) is 0 Å². The molecular weight excluding hydrogens is 249 g/mol. The van der Waals surface area contributed by atoms with Crippen molar-refractivity contribution in [2.24, 2.45) is 0 Å². The predicted molar refractivity (Wildman–Crippen MR) is 82.1 cm³/mol. The van der Waals surface area contributed by atoms with Crippen LogP contribution in [0.2, 0.25) is 0 Å². The van der Waals surface area contributed by atoms with E-state index in [4.69, 9.17) is 0 Å². The quantitative estimate of drug-likeness (QED) is 0.741. The average Bonchev–Trinajstić information content (AvgIpc) is 2.49. The SMILES string of the molecule is CNCc1ccc(-c2cccc3ccccc23)cc1F. The minimum atomic E-state index is -0.162. The molecule has 20 heavy (non-hydrogen) atoms. The van der Waals surface area contributed by atoms with Crippen LogP contribution >= 0.6 is 0 Å². The highest BCUT2D eigenvalue weighted by Gasteiger charge is 2.07. The zero-order chi connectivity index (χ0) is 13.9. The Morgan fingerprint density at radius 3 is 2.55 bits per heavy atom. The van der Waals surface area contributed by atoms with Gasteiger partial charge in [0.2, 0.25) is 0 Å². The molecule has 0 saturated heterocycles. The molecule has 0 aliphatic heterocycles. The first kappa shape index (κ1) is 12.8. The fraction of sp³-hybridized carbons (Fsp3) is 0.111. The fourth-order valence-corrected chi connectivity index (χ4v) is 2.53. The smallest absolute Gasteiger partial charge is 0.128 e. The lowest BCUT2D eigenvalue weighted by Crippen LogP contribution is -2.06. The average molecular weight is 265 g/mol. The Balaban J connectivity index is 2.14. The second-order valence-corrected chi connectivity index (χ2v) is 4.86. The topological polar surface area (TPSA) is 12.0 Å². The first-order valence-electron chi connectivity index (χ1n) is 6.71. The molecule has 3 rings (SSSR count). The summed E-state index contributed by atoms with van der Waals surface area (Å²) in [4.78, 5) is 0.